The topological polar surface area (TPSA) is 119 Å². The predicted molar refractivity (Wildman–Crippen MR) is 103 cm³/mol. The van der Waals surface area contributed by atoms with Gasteiger partial charge in [0.25, 0.3) is 0 Å². The number of nitrogens with two attached hydrogens (primary N) is 1. The summed E-state index contributed by atoms with van der Waals surface area (Å²) in [4.78, 5) is 10.2. The molecule has 8 atom stereocenters. The molecule has 2 fully saturated rings. The number of hydrogen-bond donors (Lipinski definition) is 2. The first-order valence-corrected chi connectivity index (χ1v) is 11.0. The van der Waals surface area contributed by atoms with Crippen LogP contribution in [0.2, 0.25) is 0 Å². The Morgan fingerprint density at radius 1 is 1.14 bits per heavy atom. The van der Waals surface area contributed by atoms with Crippen LogP contribution in [0.5, 0.6) is 0 Å². The molecule has 2 heterocycles. The van der Waals surface area contributed by atoms with E-state index in [0.29, 0.717) is 6.42 Å². The van der Waals surface area contributed by atoms with E-state index in [1.807, 2.05) is 27.7 Å². The van der Waals surface area contributed by atoms with Crippen LogP contribution in [0.1, 0.15) is 34.1 Å². The monoisotopic (exact) mass is 417 g/mol. The van der Waals surface area contributed by atoms with Gasteiger partial charge in [0.1, 0.15) is 34.0 Å². The predicted octanol–water partition coefficient (Wildman–Crippen LogP) is 0.211. The van der Waals surface area contributed by atoms with Gasteiger partial charge in [-0.1, -0.05) is 0 Å². The second kappa shape index (κ2) is 10.4. The van der Waals surface area contributed by atoms with Crippen LogP contribution < -0.4 is 5.73 Å². The van der Waals surface area contributed by atoms with E-state index in [1.54, 1.807) is 0 Å². The van der Waals surface area contributed by atoms with Crippen molar-refractivity contribution in [2.75, 3.05) is 13.2 Å². The summed E-state index contributed by atoms with van der Waals surface area (Å²) in [7, 11) is 7.11. The van der Waals surface area contributed by atoms with Crippen LogP contribution in [0, 0.1) is 0 Å². The molecule has 158 valence electrons. The van der Waals surface area contributed by atoms with Crippen molar-refractivity contribution in [2.45, 2.75) is 88.8 Å². The summed E-state index contributed by atoms with van der Waals surface area (Å²) in [6.45, 7) is 7.37. The van der Waals surface area contributed by atoms with Crippen molar-refractivity contribution < 1.29 is 37.5 Å². The molecule has 2 saturated heterocycles. The molecule has 9 nitrogen and oxygen atoms in total. The van der Waals surface area contributed by atoms with E-state index in [4.69, 9.17) is 49.4 Å². The average Bonchev–Trinajstić information content (AvgIpc) is 3.04. The first-order chi connectivity index (χ1) is 13.0. The van der Waals surface area contributed by atoms with Gasteiger partial charge in [-0.05, 0) is 34.1 Å². The fourth-order valence-corrected chi connectivity index (χ4v) is 4.08. The molecule has 0 aromatic heterocycles. The Balaban J connectivity index is 1.93. The number of rotatable bonds is 10. The molecule has 2 rings (SSSR count). The summed E-state index contributed by atoms with van der Waals surface area (Å²) in [6.07, 6.45) is -2.21. The molecule has 12 heteroatoms. The molecule has 0 amide bonds. The lowest BCUT2D eigenvalue weighted by atomic mass is 9.91. The molecule has 0 saturated carbocycles. The Morgan fingerprint density at radius 3 is 2.43 bits per heavy atom. The maximum atomic E-state index is 12.5. The van der Waals surface area contributed by atoms with E-state index in [1.165, 1.54) is 0 Å². The second-order valence-corrected chi connectivity index (χ2v) is 9.01. The summed E-state index contributed by atoms with van der Waals surface area (Å²) >= 11 is 0. The lowest BCUT2D eigenvalue weighted by Crippen LogP contribution is -2.43. The highest BCUT2D eigenvalue weighted by Gasteiger charge is 2.45. The van der Waals surface area contributed by atoms with Crippen LogP contribution in [0.3, 0.4) is 0 Å². The van der Waals surface area contributed by atoms with Gasteiger partial charge >= 0.3 is 7.82 Å². The Hall–Kier alpha value is 0.0399. The molecule has 0 bridgehead atoms. The molecule has 2 aliphatic heterocycles. The summed E-state index contributed by atoms with van der Waals surface area (Å²) in [5.74, 6) is 0. The van der Waals surface area contributed by atoms with Gasteiger partial charge in [0.15, 0.2) is 0 Å². The van der Waals surface area contributed by atoms with Gasteiger partial charge in [-0.25, -0.2) is 4.57 Å². The van der Waals surface area contributed by atoms with Crippen LogP contribution in [0.15, 0.2) is 0 Å². The number of ether oxygens (including phenoxy) is 4. The van der Waals surface area contributed by atoms with Gasteiger partial charge in [0.2, 0.25) is 0 Å². The Kier molecular flexibility index (Phi) is 9.01. The van der Waals surface area contributed by atoms with Crippen LogP contribution in [-0.4, -0.2) is 88.5 Å². The molecular formula is C16H30B2NO8P. The number of phosphoric ester groups is 1. The molecule has 3 N–H and O–H groups in total. The fourth-order valence-electron chi connectivity index (χ4n) is 3.10. The third kappa shape index (κ3) is 7.07. The van der Waals surface area contributed by atoms with Gasteiger partial charge in [-0.15, -0.1) is 0 Å². The highest BCUT2D eigenvalue weighted by atomic mass is 31.2. The maximum Gasteiger partial charge on any atom is 0.472 e. The third-order valence-electron chi connectivity index (χ3n) is 4.38. The van der Waals surface area contributed by atoms with Gasteiger partial charge in [-0.2, -0.15) is 0 Å². The van der Waals surface area contributed by atoms with E-state index in [-0.39, 0.29) is 31.5 Å². The van der Waals surface area contributed by atoms with Crippen LogP contribution in [-0.2, 0) is 32.6 Å². The second-order valence-electron chi connectivity index (χ2n) is 7.60. The summed E-state index contributed by atoms with van der Waals surface area (Å²) < 4.78 is 45.1. The first-order valence-electron chi connectivity index (χ1n) is 9.49. The lowest BCUT2D eigenvalue weighted by Gasteiger charge is -2.26. The minimum atomic E-state index is -4.47. The van der Waals surface area contributed by atoms with Crippen molar-refractivity contribution in [3.8, 4) is 0 Å². The normalized spacial score (nSPS) is 38.4. The Bertz CT molecular complexity index is 543. The minimum absolute atomic E-state index is 0.0459. The maximum absolute atomic E-state index is 12.5. The number of hydrogen-bond acceptors (Lipinski definition) is 8. The zero-order valence-electron chi connectivity index (χ0n) is 16.8. The highest BCUT2D eigenvalue weighted by molar-refractivity contribution is 7.47. The Morgan fingerprint density at radius 2 is 1.82 bits per heavy atom. The van der Waals surface area contributed by atoms with Gasteiger partial charge < -0.3 is 29.6 Å². The van der Waals surface area contributed by atoms with Crippen molar-refractivity contribution in [3.63, 3.8) is 0 Å². The third-order valence-corrected chi connectivity index (χ3v) is 5.37. The number of phosphoric acid groups is 1. The van der Waals surface area contributed by atoms with Crippen LogP contribution in [0.4, 0.5) is 0 Å². The van der Waals surface area contributed by atoms with Crippen LogP contribution in [0.25, 0.3) is 0 Å². The van der Waals surface area contributed by atoms with Crippen molar-refractivity contribution >= 4 is 23.5 Å². The quantitative estimate of drug-likeness (QED) is 0.380. The standard InChI is InChI=1S/C16H30B2NO8P/c1-8(2)22-6-12-15(14(19)16(18)26-12)27-28(20,21)23-7-11-10(24-9(3)4)5-13(17)25-11/h8-16H,5-7,19H2,1-4H3,(H,20,21)/t10?,11-,12-,13-,14+,15?,16-/m1/s1. The van der Waals surface area contributed by atoms with E-state index >= 15 is 0 Å². The first kappa shape index (κ1) is 24.3. The van der Waals surface area contributed by atoms with Gasteiger partial charge in [0.05, 0.1) is 37.6 Å². The fraction of sp³-hybridized carbons (Fsp3) is 1.00. The summed E-state index contributed by atoms with van der Waals surface area (Å²) in [5.41, 5.74) is 5.96. The van der Waals surface area contributed by atoms with Crippen molar-refractivity contribution in [3.05, 3.63) is 0 Å². The molecule has 0 spiro atoms. The minimum Gasteiger partial charge on any atom is -0.380 e. The summed E-state index contributed by atoms with van der Waals surface area (Å²) in [6, 6.07) is -2.17. The van der Waals surface area contributed by atoms with Crippen molar-refractivity contribution in [2.24, 2.45) is 5.73 Å². The smallest absolute Gasteiger partial charge is 0.380 e. The molecule has 0 aromatic rings. The molecule has 3 unspecified atom stereocenters. The van der Waals surface area contributed by atoms with E-state index in [9.17, 15) is 9.46 Å². The summed E-state index contributed by atoms with van der Waals surface area (Å²) in [5, 5.41) is 0. The Labute approximate surface area is 169 Å². The van der Waals surface area contributed by atoms with Gasteiger partial charge in [-0.3, -0.25) is 9.05 Å². The SMILES string of the molecule is [B][C@@H]1O[C@H](COC(C)C)C(OP(=O)(O)OC[C@H]2O[C@@H]([B])CC2OC(C)C)[C@@H]1N. The molecule has 0 aliphatic carbocycles. The largest absolute Gasteiger partial charge is 0.472 e. The van der Waals surface area contributed by atoms with Crippen molar-refractivity contribution in [1.29, 1.82) is 0 Å². The lowest BCUT2D eigenvalue weighted by molar-refractivity contribution is -0.0651. The van der Waals surface area contributed by atoms with Gasteiger partial charge in [0, 0.05) is 12.0 Å². The zero-order valence-corrected chi connectivity index (χ0v) is 17.7. The van der Waals surface area contributed by atoms with E-state index in [2.05, 4.69) is 0 Å². The molecule has 4 radical (unpaired) electrons. The van der Waals surface area contributed by atoms with E-state index in [0.717, 1.165) is 0 Å². The molecule has 0 aromatic carbocycles. The van der Waals surface area contributed by atoms with Crippen molar-refractivity contribution in [1.82, 2.24) is 0 Å². The van der Waals surface area contributed by atoms with E-state index < -0.39 is 44.2 Å². The molecular weight excluding hydrogens is 387 g/mol. The average molecular weight is 417 g/mol. The molecule has 28 heavy (non-hydrogen) atoms. The highest BCUT2D eigenvalue weighted by Crippen LogP contribution is 2.47. The van der Waals surface area contributed by atoms with Crippen LogP contribution >= 0.6 is 7.82 Å². The zero-order chi connectivity index (χ0) is 21.1. The molecule has 2 aliphatic rings.